The first-order chi connectivity index (χ1) is 8.69. The Kier molecular flexibility index (Phi) is 3.99. The maximum Gasteiger partial charge on any atom is 0.167 e. The van der Waals surface area contributed by atoms with Crippen LogP contribution < -0.4 is 5.73 Å². The van der Waals surface area contributed by atoms with E-state index >= 15 is 0 Å². The van der Waals surface area contributed by atoms with Crippen LogP contribution in [0.5, 0.6) is 0 Å². The van der Waals surface area contributed by atoms with Crippen molar-refractivity contribution in [2.75, 3.05) is 12.0 Å². The Morgan fingerprint density at radius 1 is 1.28 bits per heavy atom. The molecule has 0 aliphatic carbocycles. The van der Waals surface area contributed by atoms with Crippen LogP contribution in [-0.4, -0.2) is 17.0 Å². The lowest BCUT2D eigenvalue weighted by atomic mass is 10.0. The number of carbonyl (C=O) groups is 1. The highest BCUT2D eigenvalue weighted by Gasteiger charge is 2.07. The number of thioether (sulfide) groups is 1. The van der Waals surface area contributed by atoms with Gasteiger partial charge in [0, 0.05) is 23.1 Å². The minimum Gasteiger partial charge on any atom is -0.384 e. The quantitative estimate of drug-likeness (QED) is 0.676. The van der Waals surface area contributed by atoms with Crippen molar-refractivity contribution in [3.8, 4) is 0 Å². The molecular formula is C14H14N2OS. The van der Waals surface area contributed by atoms with Crippen molar-refractivity contribution < 1.29 is 4.79 Å². The van der Waals surface area contributed by atoms with Crippen molar-refractivity contribution in [2.45, 2.75) is 11.3 Å². The van der Waals surface area contributed by atoms with Crippen molar-refractivity contribution in [2.24, 2.45) is 0 Å². The minimum atomic E-state index is 0.0910. The molecule has 1 aromatic carbocycles. The summed E-state index contributed by atoms with van der Waals surface area (Å²) >= 11 is 1.66. The Balaban J connectivity index is 2.11. The number of aromatic nitrogens is 1. The summed E-state index contributed by atoms with van der Waals surface area (Å²) in [6, 6.07) is 11.2. The number of pyridine rings is 1. The molecule has 0 unspecified atom stereocenters. The van der Waals surface area contributed by atoms with Crippen LogP contribution in [0.3, 0.4) is 0 Å². The van der Waals surface area contributed by atoms with Crippen molar-refractivity contribution >= 4 is 23.4 Å². The molecule has 0 bridgehead atoms. The smallest absolute Gasteiger partial charge is 0.167 e. The molecule has 0 aliphatic rings. The van der Waals surface area contributed by atoms with Gasteiger partial charge < -0.3 is 5.73 Å². The summed E-state index contributed by atoms with van der Waals surface area (Å²) in [6.07, 6.45) is 3.98. The Morgan fingerprint density at radius 2 is 2.00 bits per heavy atom. The zero-order valence-corrected chi connectivity index (χ0v) is 10.9. The van der Waals surface area contributed by atoms with Gasteiger partial charge in [-0.25, -0.2) is 4.98 Å². The molecular weight excluding hydrogens is 244 g/mol. The summed E-state index contributed by atoms with van der Waals surface area (Å²) in [7, 11) is 0. The molecule has 0 saturated heterocycles. The number of hydrogen-bond acceptors (Lipinski definition) is 4. The standard InChI is InChI=1S/C14H14N2OS/c1-18-12-4-2-11(3-5-12)13(17)8-10-6-7-16-14(15)9-10/h2-7,9H,8H2,1H3,(H2,15,16). The van der Waals surface area contributed by atoms with Gasteiger partial charge in [0.2, 0.25) is 0 Å². The lowest BCUT2D eigenvalue weighted by Gasteiger charge is -2.03. The second-order valence-electron chi connectivity index (χ2n) is 3.92. The summed E-state index contributed by atoms with van der Waals surface area (Å²) in [5.74, 6) is 0.534. The monoisotopic (exact) mass is 258 g/mol. The summed E-state index contributed by atoms with van der Waals surface area (Å²) in [6.45, 7) is 0. The minimum absolute atomic E-state index is 0.0910. The van der Waals surface area contributed by atoms with Crippen LogP contribution in [0.1, 0.15) is 15.9 Å². The number of rotatable bonds is 4. The van der Waals surface area contributed by atoms with Gasteiger partial charge in [0.15, 0.2) is 5.78 Å². The van der Waals surface area contributed by atoms with E-state index in [1.807, 2.05) is 36.6 Å². The number of anilines is 1. The van der Waals surface area contributed by atoms with Crippen molar-refractivity contribution in [1.82, 2.24) is 4.98 Å². The molecule has 1 aromatic heterocycles. The van der Waals surface area contributed by atoms with Crippen LogP contribution in [0.25, 0.3) is 0 Å². The third-order valence-electron chi connectivity index (χ3n) is 2.62. The average Bonchev–Trinajstić information content (AvgIpc) is 2.39. The van der Waals surface area contributed by atoms with Gasteiger partial charge in [-0.1, -0.05) is 12.1 Å². The van der Waals surface area contributed by atoms with E-state index in [1.54, 1.807) is 24.0 Å². The molecule has 18 heavy (non-hydrogen) atoms. The molecule has 0 radical (unpaired) electrons. The van der Waals surface area contributed by atoms with Gasteiger partial charge in [0.1, 0.15) is 5.82 Å². The molecule has 2 rings (SSSR count). The highest BCUT2D eigenvalue weighted by molar-refractivity contribution is 7.98. The summed E-state index contributed by atoms with van der Waals surface area (Å²) < 4.78 is 0. The molecule has 4 heteroatoms. The Bertz CT molecular complexity index is 552. The molecule has 0 saturated carbocycles. The average molecular weight is 258 g/mol. The fraction of sp³-hybridized carbons (Fsp3) is 0.143. The van der Waals surface area contributed by atoms with E-state index in [-0.39, 0.29) is 5.78 Å². The maximum atomic E-state index is 12.1. The number of nitrogen functional groups attached to an aromatic ring is 1. The van der Waals surface area contributed by atoms with Gasteiger partial charge >= 0.3 is 0 Å². The fourth-order valence-electron chi connectivity index (χ4n) is 1.67. The van der Waals surface area contributed by atoms with Crippen molar-refractivity contribution in [3.63, 3.8) is 0 Å². The second-order valence-corrected chi connectivity index (χ2v) is 4.80. The fourth-order valence-corrected chi connectivity index (χ4v) is 2.08. The molecule has 0 fully saturated rings. The highest BCUT2D eigenvalue weighted by atomic mass is 32.2. The molecule has 3 nitrogen and oxygen atoms in total. The number of benzene rings is 1. The van der Waals surface area contributed by atoms with Crippen LogP contribution in [0.2, 0.25) is 0 Å². The third kappa shape index (κ3) is 3.11. The van der Waals surface area contributed by atoms with E-state index in [0.29, 0.717) is 12.2 Å². The van der Waals surface area contributed by atoms with Crippen LogP contribution in [0.4, 0.5) is 5.82 Å². The SMILES string of the molecule is CSc1ccc(C(=O)Cc2ccnc(N)c2)cc1. The lowest BCUT2D eigenvalue weighted by Crippen LogP contribution is -2.04. The second kappa shape index (κ2) is 5.69. The number of carbonyl (C=O) groups excluding carboxylic acids is 1. The van der Waals surface area contributed by atoms with Crippen LogP contribution in [0.15, 0.2) is 47.5 Å². The van der Waals surface area contributed by atoms with Crippen LogP contribution in [0, 0.1) is 0 Å². The molecule has 0 atom stereocenters. The number of nitrogens with zero attached hydrogens (tertiary/aromatic N) is 1. The number of hydrogen-bond donors (Lipinski definition) is 1. The number of Topliss-reactive ketones (excluding diaryl/α,β-unsaturated/α-hetero) is 1. The molecule has 0 amide bonds. The molecule has 0 spiro atoms. The van der Waals surface area contributed by atoms with Gasteiger partial charge in [-0.3, -0.25) is 4.79 Å². The van der Waals surface area contributed by atoms with Gasteiger partial charge in [0.25, 0.3) is 0 Å². The van der Waals surface area contributed by atoms with E-state index in [0.717, 1.165) is 16.0 Å². The summed E-state index contributed by atoms with van der Waals surface area (Å²) in [5, 5.41) is 0. The number of nitrogens with two attached hydrogens (primary N) is 1. The lowest BCUT2D eigenvalue weighted by molar-refractivity contribution is 0.0993. The van der Waals surface area contributed by atoms with Gasteiger partial charge in [-0.15, -0.1) is 11.8 Å². The molecule has 2 aromatic rings. The topological polar surface area (TPSA) is 56.0 Å². The normalized spacial score (nSPS) is 10.3. The molecule has 0 aliphatic heterocycles. The highest BCUT2D eigenvalue weighted by Crippen LogP contribution is 2.16. The first-order valence-electron chi connectivity index (χ1n) is 5.56. The predicted octanol–water partition coefficient (Wildman–Crippen LogP) is 2.81. The zero-order chi connectivity index (χ0) is 13.0. The Hall–Kier alpha value is -1.81. The van der Waals surface area contributed by atoms with E-state index in [1.165, 1.54) is 0 Å². The molecule has 2 N–H and O–H groups in total. The van der Waals surface area contributed by atoms with Crippen LogP contribution in [-0.2, 0) is 6.42 Å². The van der Waals surface area contributed by atoms with Crippen molar-refractivity contribution in [1.29, 1.82) is 0 Å². The Morgan fingerprint density at radius 3 is 2.61 bits per heavy atom. The predicted molar refractivity (Wildman–Crippen MR) is 74.9 cm³/mol. The molecule has 1 heterocycles. The zero-order valence-electron chi connectivity index (χ0n) is 10.1. The van der Waals surface area contributed by atoms with E-state index in [2.05, 4.69) is 4.98 Å². The maximum absolute atomic E-state index is 12.1. The third-order valence-corrected chi connectivity index (χ3v) is 3.37. The van der Waals surface area contributed by atoms with Crippen molar-refractivity contribution in [3.05, 3.63) is 53.7 Å². The molecule has 92 valence electrons. The van der Waals surface area contributed by atoms with E-state index in [9.17, 15) is 4.79 Å². The van der Waals surface area contributed by atoms with Gasteiger partial charge in [-0.2, -0.15) is 0 Å². The first-order valence-corrected chi connectivity index (χ1v) is 6.79. The Labute approximate surface area is 110 Å². The van der Waals surface area contributed by atoms with E-state index in [4.69, 9.17) is 5.73 Å². The van der Waals surface area contributed by atoms with Gasteiger partial charge in [0.05, 0.1) is 0 Å². The summed E-state index contributed by atoms with van der Waals surface area (Å²) in [4.78, 5) is 17.1. The first kappa shape index (κ1) is 12.6. The van der Waals surface area contributed by atoms with E-state index < -0.39 is 0 Å². The van der Waals surface area contributed by atoms with Gasteiger partial charge in [-0.05, 0) is 36.1 Å². The van der Waals surface area contributed by atoms with Crippen LogP contribution >= 0.6 is 11.8 Å². The summed E-state index contributed by atoms with van der Waals surface area (Å²) in [5.41, 5.74) is 7.20. The number of ketones is 1. The largest absolute Gasteiger partial charge is 0.384 e.